The van der Waals surface area contributed by atoms with Crippen LogP contribution in [0.1, 0.15) is 40.3 Å². The predicted molar refractivity (Wildman–Crippen MR) is 117 cm³/mol. The zero-order valence-corrected chi connectivity index (χ0v) is 18.7. The lowest BCUT2D eigenvalue weighted by Gasteiger charge is -2.17. The second-order valence-electron chi connectivity index (χ2n) is 7.39. The van der Waals surface area contributed by atoms with Crippen LogP contribution in [-0.4, -0.2) is 48.4 Å². The summed E-state index contributed by atoms with van der Waals surface area (Å²) in [5.74, 6) is 0.583. The first-order chi connectivity index (χ1) is 14.8. The first-order valence-corrected chi connectivity index (χ1v) is 9.90. The summed E-state index contributed by atoms with van der Waals surface area (Å²) in [6.45, 7) is 6.17. The second-order valence-corrected chi connectivity index (χ2v) is 7.39. The molecular formula is C22H28N4O5. The van der Waals surface area contributed by atoms with Gasteiger partial charge in [0.15, 0.2) is 0 Å². The Hall–Kier alpha value is -3.33. The molecule has 0 saturated carbocycles. The van der Waals surface area contributed by atoms with E-state index in [4.69, 9.17) is 14.2 Å². The van der Waals surface area contributed by atoms with Crippen LogP contribution < -0.4 is 20.3 Å². The molecule has 0 aliphatic carbocycles. The van der Waals surface area contributed by atoms with Gasteiger partial charge in [0.05, 0.1) is 50.1 Å². The topological polar surface area (TPSA) is 107 Å². The van der Waals surface area contributed by atoms with Crippen LogP contribution in [0, 0.1) is 13.8 Å². The number of methoxy groups -OCH3 is 3. The van der Waals surface area contributed by atoms with Gasteiger partial charge in [0.25, 0.3) is 11.5 Å². The maximum Gasteiger partial charge on any atom is 0.256 e. The van der Waals surface area contributed by atoms with E-state index < -0.39 is 0 Å². The number of aromatic amines is 1. The fourth-order valence-electron chi connectivity index (χ4n) is 3.89. The summed E-state index contributed by atoms with van der Waals surface area (Å²) in [7, 11) is 4.68. The maximum atomic E-state index is 13.2. The molecule has 3 rings (SSSR count). The standard InChI is InChI=1S/C22H28N4O5/c1-12-7-18(30-5)16(21(27)25-12)10-24-22(28)20-14(3)26(13(2)11-29-4)17-8-19(31-6)23-9-15(17)20/h7-9,13H,10-11H2,1-6H3,(H,24,28)(H,25,27). The van der Waals surface area contributed by atoms with Crippen LogP contribution in [0.5, 0.6) is 11.6 Å². The van der Waals surface area contributed by atoms with Gasteiger partial charge in [-0.3, -0.25) is 9.59 Å². The number of hydrogen-bond donors (Lipinski definition) is 2. The van der Waals surface area contributed by atoms with E-state index in [1.165, 1.54) is 7.11 Å². The van der Waals surface area contributed by atoms with E-state index in [-0.39, 0.29) is 24.1 Å². The smallest absolute Gasteiger partial charge is 0.256 e. The lowest BCUT2D eigenvalue weighted by Crippen LogP contribution is -2.28. The number of hydrogen-bond acceptors (Lipinski definition) is 6. The summed E-state index contributed by atoms with van der Waals surface area (Å²) in [5.41, 5.74) is 2.84. The number of ether oxygens (including phenoxy) is 3. The van der Waals surface area contributed by atoms with E-state index in [2.05, 4.69) is 15.3 Å². The van der Waals surface area contributed by atoms with Crippen molar-refractivity contribution in [3.63, 3.8) is 0 Å². The van der Waals surface area contributed by atoms with Crippen molar-refractivity contribution in [3.8, 4) is 11.6 Å². The van der Waals surface area contributed by atoms with Gasteiger partial charge in [0.2, 0.25) is 5.88 Å². The summed E-state index contributed by atoms with van der Waals surface area (Å²) in [6, 6.07) is 3.52. The van der Waals surface area contributed by atoms with Gasteiger partial charge in [-0.25, -0.2) is 4.98 Å². The zero-order chi connectivity index (χ0) is 22.7. The number of amides is 1. The largest absolute Gasteiger partial charge is 0.496 e. The van der Waals surface area contributed by atoms with Crippen molar-refractivity contribution < 1.29 is 19.0 Å². The molecule has 3 aromatic rings. The van der Waals surface area contributed by atoms with Gasteiger partial charge in [-0.2, -0.15) is 0 Å². The van der Waals surface area contributed by atoms with E-state index in [1.807, 2.05) is 18.4 Å². The molecule has 1 amide bonds. The van der Waals surface area contributed by atoms with E-state index in [9.17, 15) is 9.59 Å². The molecule has 0 aliphatic rings. The van der Waals surface area contributed by atoms with Crippen molar-refractivity contribution in [2.75, 3.05) is 27.9 Å². The van der Waals surface area contributed by atoms with Crippen LogP contribution in [0.15, 0.2) is 23.1 Å². The Balaban J connectivity index is 2.02. The highest BCUT2D eigenvalue weighted by molar-refractivity contribution is 6.08. The molecule has 0 bridgehead atoms. The Morgan fingerprint density at radius 2 is 1.97 bits per heavy atom. The summed E-state index contributed by atoms with van der Waals surface area (Å²) in [4.78, 5) is 32.6. The molecule has 3 aromatic heterocycles. The van der Waals surface area contributed by atoms with Gasteiger partial charge in [0, 0.05) is 36.1 Å². The highest BCUT2D eigenvalue weighted by atomic mass is 16.5. The molecule has 0 aliphatic heterocycles. The van der Waals surface area contributed by atoms with Crippen molar-refractivity contribution in [3.05, 3.63) is 51.2 Å². The van der Waals surface area contributed by atoms with Crippen molar-refractivity contribution in [2.24, 2.45) is 0 Å². The third-order valence-corrected chi connectivity index (χ3v) is 5.27. The number of carbonyl (C=O) groups excluding carboxylic acids is 1. The Labute approximate surface area is 180 Å². The molecule has 31 heavy (non-hydrogen) atoms. The van der Waals surface area contributed by atoms with Crippen molar-refractivity contribution >= 4 is 16.8 Å². The number of fused-ring (bicyclic) bond motifs is 1. The summed E-state index contributed by atoms with van der Waals surface area (Å²) in [5, 5.41) is 3.55. The van der Waals surface area contributed by atoms with Crippen LogP contribution in [-0.2, 0) is 11.3 Å². The molecule has 0 radical (unpaired) electrons. The van der Waals surface area contributed by atoms with Crippen molar-refractivity contribution in [1.29, 1.82) is 0 Å². The van der Waals surface area contributed by atoms with Gasteiger partial charge in [-0.1, -0.05) is 0 Å². The monoisotopic (exact) mass is 428 g/mol. The third-order valence-electron chi connectivity index (χ3n) is 5.27. The fraction of sp³-hybridized carbons (Fsp3) is 0.409. The summed E-state index contributed by atoms with van der Waals surface area (Å²) >= 11 is 0. The number of nitrogens with one attached hydrogen (secondary N) is 2. The number of H-pyrrole nitrogens is 1. The van der Waals surface area contributed by atoms with E-state index in [0.717, 1.165) is 11.2 Å². The van der Waals surface area contributed by atoms with Crippen LogP contribution in [0.3, 0.4) is 0 Å². The molecular weight excluding hydrogens is 400 g/mol. The van der Waals surface area contributed by atoms with E-state index >= 15 is 0 Å². The highest BCUT2D eigenvalue weighted by Crippen LogP contribution is 2.31. The number of pyridine rings is 2. The molecule has 9 heteroatoms. The zero-order valence-electron chi connectivity index (χ0n) is 18.7. The fourth-order valence-corrected chi connectivity index (χ4v) is 3.89. The first-order valence-electron chi connectivity index (χ1n) is 9.90. The molecule has 1 unspecified atom stereocenters. The van der Waals surface area contributed by atoms with Crippen LogP contribution in [0.25, 0.3) is 10.9 Å². The normalized spacial score (nSPS) is 12.1. The maximum absolute atomic E-state index is 13.2. The molecule has 3 heterocycles. The molecule has 9 nitrogen and oxygen atoms in total. The van der Waals surface area contributed by atoms with Gasteiger partial charge >= 0.3 is 0 Å². The quantitative estimate of drug-likeness (QED) is 0.571. The molecule has 2 N–H and O–H groups in total. The summed E-state index contributed by atoms with van der Waals surface area (Å²) < 4.78 is 17.9. The van der Waals surface area contributed by atoms with Crippen molar-refractivity contribution in [2.45, 2.75) is 33.4 Å². The number of carbonyl (C=O) groups is 1. The number of aryl methyl sites for hydroxylation is 1. The second kappa shape index (κ2) is 9.22. The minimum Gasteiger partial charge on any atom is -0.496 e. The molecule has 0 aromatic carbocycles. The van der Waals surface area contributed by atoms with Gasteiger partial charge < -0.3 is 29.1 Å². The molecule has 0 fully saturated rings. The SMILES string of the molecule is COCC(C)n1c(C)c(C(=O)NCc2c(OC)cc(C)[nH]c2=O)c2cnc(OC)cc21. The minimum absolute atomic E-state index is 0.0128. The molecule has 0 saturated heterocycles. The third kappa shape index (κ3) is 4.27. The minimum atomic E-state index is -0.306. The highest BCUT2D eigenvalue weighted by Gasteiger charge is 2.24. The Morgan fingerprint density at radius 3 is 2.61 bits per heavy atom. The van der Waals surface area contributed by atoms with Gasteiger partial charge in [-0.15, -0.1) is 0 Å². The first kappa shape index (κ1) is 22.4. The lowest BCUT2D eigenvalue weighted by molar-refractivity contribution is 0.0951. The Morgan fingerprint density at radius 1 is 1.23 bits per heavy atom. The van der Waals surface area contributed by atoms with Crippen LogP contribution in [0.2, 0.25) is 0 Å². The van der Waals surface area contributed by atoms with Crippen LogP contribution in [0.4, 0.5) is 0 Å². The van der Waals surface area contributed by atoms with Gasteiger partial charge in [-0.05, 0) is 26.8 Å². The average Bonchev–Trinajstić information content (AvgIpc) is 3.03. The average molecular weight is 428 g/mol. The van der Waals surface area contributed by atoms with E-state index in [0.29, 0.717) is 40.4 Å². The Kier molecular flexibility index (Phi) is 6.65. The van der Waals surface area contributed by atoms with Gasteiger partial charge in [0.1, 0.15) is 5.75 Å². The molecule has 1 atom stereocenters. The molecule has 0 spiro atoms. The Bertz CT molecular complexity index is 1160. The van der Waals surface area contributed by atoms with Crippen molar-refractivity contribution in [1.82, 2.24) is 19.9 Å². The number of nitrogens with zero attached hydrogens (tertiary/aromatic N) is 2. The molecule has 166 valence electrons. The number of aromatic nitrogens is 3. The van der Waals surface area contributed by atoms with Crippen LogP contribution >= 0.6 is 0 Å². The van der Waals surface area contributed by atoms with E-state index in [1.54, 1.807) is 39.5 Å². The lowest BCUT2D eigenvalue weighted by atomic mass is 10.1. The predicted octanol–water partition coefficient (Wildman–Crippen LogP) is 2.50. The number of rotatable bonds is 8. The summed E-state index contributed by atoms with van der Waals surface area (Å²) in [6.07, 6.45) is 1.63.